The van der Waals surface area contributed by atoms with Crippen molar-refractivity contribution in [2.24, 2.45) is 5.92 Å². The van der Waals surface area contributed by atoms with Crippen LogP contribution in [0.1, 0.15) is 19.8 Å². The zero-order valence-electron chi connectivity index (χ0n) is 11.6. The molecule has 2 amide bonds. The number of rotatable bonds is 5. The molecule has 0 aromatic rings. The van der Waals surface area contributed by atoms with E-state index in [2.05, 4.69) is 0 Å². The van der Waals surface area contributed by atoms with Gasteiger partial charge in [-0.3, -0.25) is 9.59 Å². The first-order valence-corrected chi connectivity index (χ1v) is 6.77. The minimum atomic E-state index is -0.714. The predicted molar refractivity (Wildman–Crippen MR) is 68.4 cm³/mol. The number of hydrogen-bond donors (Lipinski definition) is 1. The first-order chi connectivity index (χ1) is 8.99. The van der Waals surface area contributed by atoms with E-state index in [1.165, 1.54) is 0 Å². The lowest BCUT2D eigenvalue weighted by Gasteiger charge is -2.46. The molecule has 108 valence electrons. The van der Waals surface area contributed by atoms with Gasteiger partial charge in [0.1, 0.15) is 0 Å². The van der Waals surface area contributed by atoms with Crippen molar-refractivity contribution in [3.8, 4) is 0 Å². The predicted octanol–water partition coefficient (Wildman–Crippen LogP) is -0.535. The monoisotopic (exact) mass is 270 g/mol. The van der Waals surface area contributed by atoms with Crippen LogP contribution in [0.4, 0.5) is 0 Å². The van der Waals surface area contributed by atoms with Gasteiger partial charge in [0.15, 0.2) is 0 Å². The van der Waals surface area contributed by atoms with Gasteiger partial charge < -0.3 is 19.6 Å². The van der Waals surface area contributed by atoms with Gasteiger partial charge in [0.05, 0.1) is 31.2 Å². The van der Waals surface area contributed by atoms with Gasteiger partial charge in [-0.1, -0.05) is 6.92 Å². The summed E-state index contributed by atoms with van der Waals surface area (Å²) >= 11 is 0. The van der Waals surface area contributed by atoms with Crippen LogP contribution in [0.15, 0.2) is 0 Å². The summed E-state index contributed by atoms with van der Waals surface area (Å²) in [5, 5.41) is 9.91. The van der Waals surface area contributed by atoms with E-state index in [0.717, 1.165) is 0 Å². The van der Waals surface area contributed by atoms with Gasteiger partial charge in [-0.05, 0) is 6.42 Å². The summed E-state index contributed by atoms with van der Waals surface area (Å²) in [6, 6.07) is 0. The normalized spacial score (nSPS) is 25.6. The van der Waals surface area contributed by atoms with Crippen molar-refractivity contribution >= 4 is 11.8 Å². The molecule has 2 aliphatic rings. The van der Waals surface area contributed by atoms with Crippen LogP contribution in [0.25, 0.3) is 0 Å². The quantitative estimate of drug-likeness (QED) is 0.729. The van der Waals surface area contributed by atoms with Gasteiger partial charge >= 0.3 is 0 Å². The SMILES string of the molecule is CCC1(O)CN(C(=O)C2CC(=O)N(CCOC)C2)C1. The standard InChI is InChI=1S/C13H22N2O4/c1-3-13(18)8-15(9-13)12(17)10-6-11(16)14(7-10)4-5-19-2/h10,18H,3-9H2,1-2H3. The molecule has 2 heterocycles. The molecule has 0 aromatic carbocycles. The van der Waals surface area contributed by atoms with E-state index >= 15 is 0 Å². The van der Waals surface area contributed by atoms with Crippen LogP contribution in [0, 0.1) is 5.92 Å². The molecule has 0 aromatic heterocycles. The van der Waals surface area contributed by atoms with Crippen molar-refractivity contribution in [1.82, 2.24) is 9.80 Å². The lowest BCUT2D eigenvalue weighted by atomic mass is 9.89. The maximum atomic E-state index is 12.2. The Balaban J connectivity index is 1.84. The van der Waals surface area contributed by atoms with Crippen molar-refractivity contribution in [2.45, 2.75) is 25.4 Å². The highest BCUT2D eigenvalue weighted by Crippen LogP contribution is 2.28. The zero-order chi connectivity index (χ0) is 14.0. The van der Waals surface area contributed by atoms with E-state index in [9.17, 15) is 14.7 Å². The number of carbonyl (C=O) groups excluding carboxylic acids is 2. The summed E-state index contributed by atoms with van der Waals surface area (Å²) in [5.74, 6) is -0.251. The first-order valence-electron chi connectivity index (χ1n) is 6.77. The Morgan fingerprint density at radius 2 is 2.21 bits per heavy atom. The molecule has 0 saturated carbocycles. The van der Waals surface area contributed by atoms with Crippen LogP contribution in [-0.4, -0.2) is 72.2 Å². The third kappa shape index (κ3) is 2.90. The number of nitrogens with zero attached hydrogens (tertiary/aromatic N) is 2. The van der Waals surface area contributed by atoms with Gasteiger partial charge in [0, 0.05) is 26.6 Å². The van der Waals surface area contributed by atoms with Crippen molar-refractivity contribution < 1.29 is 19.4 Å². The first kappa shape index (κ1) is 14.3. The highest BCUT2D eigenvalue weighted by Gasteiger charge is 2.45. The fourth-order valence-electron chi connectivity index (χ4n) is 2.66. The topological polar surface area (TPSA) is 70.1 Å². The lowest BCUT2D eigenvalue weighted by Crippen LogP contribution is -2.64. The van der Waals surface area contributed by atoms with Gasteiger partial charge in [0.2, 0.25) is 11.8 Å². The number of hydrogen-bond acceptors (Lipinski definition) is 4. The molecule has 0 aliphatic carbocycles. The van der Waals surface area contributed by atoms with Crippen LogP contribution < -0.4 is 0 Å². The molecule has 6 heteroatoms. The molecule has 1 N–H and O–H groups in total. The molecule has 2 rings (SSSR count). The van der Waals surface area contributed by atoms with E-state index in [-0.39, 0.29) is 24.2 Å². The van der Waals surface area contributed by atoms with Gasteiger partial charge in [-0.15, -0.1) is 0 Å². The Morgan fingerprint density at radius 3 is 2.79 bits per heavy atom. The summed E-state index contributed by atoms with van der Waals surface area (Å²) in [5.41, 5.74) is -0.714. The van der Waals surface area contributed by atoms with E-state index in [1.807, 2.05) is 6.92 Å². The molecule has 1 atom stereocenters. The maximum Gasteiger partial charge on any atom is 0.228 e. The Bertz CT molecular complexity index is 366. The Morgan fingerprint density at radius 1 is 1.53 bits per heavy atom. The Hall–Kier alpha value is -1.14. The molecule has 2 saturated heterocycles. The van der Waals surface area contributed by atoms with E-state index < -0.39 is 5.60 Å². The van der Waals surface area contributed by atoms with Gasteiger partial charge in [0.25, 0.3) is 0 Å². The number of likely N-dealkylation sites (tertiary alicyclic amines) is 2. The van der Waals surface area contributed by atoms with Crippen LogP contribution in [-0.2, 0) is 14.3 Å². The Kier molecular flexibility index (Phi) is 4.10. The van der Waals surface area contributed by atoms with Gasteiger partial charge in [-0.2, -0.15) is 0 Å². The third-order valence-corrected chi connectivity index (χ3v) is 4.07. The molecular weight excluding hydrogens is 248 g/mol. The number of amides is 2. The highest BCUT2D eigenvalue weighted by atomic mass is 16.5. The highest BCUT2D eigenvalue weighted by molar-refractivity contribution is 5.89. The second-order valence-electron chi connectivity index (χ2n) is 5.51. The van der Waals surface area contributed by atoms with E-state index in [1.54, 1.807) is 16.9 Å². The number of aliphatic hydroxyl groups is 1. The van der Waals surface area contributed by atoms with Crippen molar-refractivity contribution in [3.05, 3.63) is 0 Å². The second-order valence-corrected chi connectivity index (χ2v) is 5.51. The van der Waals surface area contributed by atoms with Crippen LogP contribution in [0.2, 0.25) is 0 Å². The zero-order valence-corrected chi connectivity index (χ0v) is 11.6. The summed E-state index contributed by atoms with van der Waals surface area (Å²) in [4.78, 5) is 27.3. The molecule has 1 unspecified atom stereocenters. The molecule has 2 fully saturated rings. The van der Waals surface area contributed by atoms with Crippen LogP contribution in [0.3, 0.4) is 0 Å². The van der Waals surface area contributed by atoms with Crippen molar-refractivity contribution in [3.63, 3.8) is 0 Å². The Labute approximate surface area is 113 Å². The fraction of sp³-hybridized carbons (Fsp3) is 0.846. The molecule has 0 radical (unpaired) electrons. The number of methoxy groups -OCH3 is 1. The molecule has 0 spiro atoms. The van der Waals surface area contributed by atoms with Gasteiger partial charge in [-0.25, -0.2) is 0 Å². The second kappa shape index (κ2) is 5.46. The minimum absolute atomic E-state index is 0.00797. The van der Waals surface area contributed by atoms with Crippen molar-refractivity contribution in [2.75, 3.05) is 39.9 Å². The molecule has 6 nitrogen and oxygen atoms in total. The summed E-state index contributed by atoms with van der Waals surface area (Å²) in [6.45, 7) is 4.20. The molecule has 2 aliphatic heterocycles. The van der Waals surface area contributed by atoms with Crippen LogP contribution in [0.5, 0.6) is 0 Å². The van der Waals surface area contributed by atoms with E-state index in [4.69, 9.17) is 4.74 Å². The van der Waals surface area contributed by atoms with Crippen LogP contribution >= 0.6 is 0 Å². The average molecular weight is 270 g/mol. The number of carbonyl (C=O) groups is 2. The largest absolute Gasteiger partial charge is 0.386 e. The maximum absolute atomic E-state index is 12.2. The third-order valence-electron chi connectivity index (χ3n) is 4.07. The molecule has 19 heavy (non-hydrogen) atoms. The fourth-order valence-corrected chi connectivity index (χ4v) is 2.66. The number of ether oxygens (including phenoxy) is 1. The molecular formula is C13H22N2O4. The average Bonchev–Trinajstić information content (AvgIpc) is 2.73. The summed E-state index contributed by atoms with van der Waals surface area (Å²) < 4.78 is 4.95. The molecule has 0 bridgehead atoms. The minimum Gasteiger partial charge on any atom is -0.386 e. The number of β-amino-alcohol motifs (C(OH)–C–C–N with tert-alkyl or cyclic N) is 1. The smallest absolute Gasteiger partial charge is 0.228 e. The van der Waals surface area contributed by atoms with E-state index in [0.29, 0.717) is 39.2 Å². The summed E-state index contributed by atoms with van der Waals surface area (Å²) in [6.07, 6.45) is 0.934. The summed E-state index contributed by atoms with van der Waals surface area (Å²) in [7, 11) is 1.59. The lowest BCUT2D eigenvalue weighted by molar-refractivity contribution is -0.159. The van der Waals surface area contributed by atoms with Crippen molar-refractivity contribution in [1.29, 1.82) is 0 Å².